The average Bonchev–Trinajstić information content (AvgIpc) is 3.17. The van der Waals surface area contributed by atoms with Gasteiger partial charge in [0.1, 0.15) is 5.76 Å². The van der Waals surface area contributed by atoms with E-state index in [1.54, 1.807) is 24.5 Å². The number of hydrogen-bond donors (Lipinski definition) is 1. The SMILES string of the molecule is Cc1c(C(N)=O)cc(-c2cccc(C#N)c2)n1Cc1ccco1. The van der Waals surface area contributed by atoms with Crippen molar-refractivity contribution in [2.24, 2.45) is 5.73 Å². The van der Waals surface area contributed by atoms with Crippen molar-refractivity contribution in [2.75, 3.05) is 0 Å². The second-order valence-corrected chi connectivity index (χ2v) is 5.25. The normalized spacial score (nSPS) is 10.4. The fourth-order valence-corrected chi connectivity index (χ4v) is 2.64. The summed E-state index contributed by atoms with van der Waals surface area (Å²) in [6, 6.07) is 14.8. The van der Waals surface area contributed by atoms with Gasteiger partial charge in [-0.05, 0) is 42.8 Å². The third-order valence-corrected chi connectivity index (χ3v) is 3.81. The van der Waals surface area contributed by atoms with Gasteiger partial charge < -0.3 is 14.7 Å². The third kappa shape index (κ3) is 2.74. The monoisotopic (exact) mass is 305 g/mol. The van der Waals surface area contributed by atoms with E-state index < -0.39 is 5.91 Å². The third-order valence-electron chi connectivity index (χ3n) is 3.81. The van der Waals surface area contributed by atoms with Crippen molar-refractivity contribution < 1.29 is 9.21 Å². The summed E-state index contributed by atoms with van der Waals surface area (Å²) in [4.78, 5) is 11.7. The first-order chi connectivity index (χ1) is 11.1. The molecule has 0 aliphatic rings. The molecule has 0 radical (unpaired) electrons. The summed E-state index contributed by atoms with van der Waals surface area (Å²) in [6.45, 7) is 2.33. The van der Waals surface area contributed by atoms with Crippen LogP contribution in [0.15, 0.2) is 53.1 Å². The number of nitriles is 1. The Morgan fingerprint density at radius 2 is 2.13 bits per heavy atom. The molecule has 5 heteroatoms. The first-order valence-electron chi connectivity index (χ1n) is 7.13. The molecule has 3 aromatic rings. The van der Waals surface area contributed by atoms with Crippen LogP contribution in [0.3, 0.4) is 0 Å². The maximum absolute atomic E-state index is 11.7. The van der Waals surface area contributed by atoms with Crippen LogP contribution in [0.2, 0.25) is 0 Å². The van der Waals surface area contributed by atoms with E-state index in [-0.39, 0.29) is 0 Å². The van der Waals surface area contributed by atoms with Crippen molar-refractivity contribution in [1.82, 2.24) is 4.57 Å². The summed E-state index contributed by atoms with van der Waals surface area (Å²) in [5.41, 5.74) is 8.95. The lowest BCUT2D eigenvalue weighted by atomic mass is 10.1. The van der Waals surface area contributed by atoms with Gasteiger partial charge in [-0.3, -0.25) is 4.79 Å². The second-order valence-electron chi connectivity index (χ2n) is 5.25. The molecular weight excluding hydrogens is 290 g/mol. The van der Waals surface area contributed by atoms with Crippen LogP contribution in [-0.2, 0) is 6.54 Å². The van der Waals surface area contributed by atoms with Gasteiger partial charge in [0.25, 0.3) is 5.91 Å². The van der Waals surface area contributed by atoms with Crippen LogP contribution in [-0.4, -0.2) is 10.5 Å². The number of rotatable bonds is 4. The highest BCUT2D eigenvalue weighted by atomic mass is 16.3. The Balaban J connectivity index is 2.16. The number of nitrogens with zero attached hydrogens (tertiary/aromatic N) is 2. The summed E-state index contributed by atoms with van der Waals surface area (Å²) >= 11 is 0. The van der Waals surface area contributed by atoms with Crippen LogP contribution in [0, 0.1) is 18.3 Å². The Kier molecular flexibility index (Phi) is 3.73. The average molecular weight is 305 g/mol. The summed E-state index contributed by atoms with van der Waals surface area (Å²) < 4.78 is 7.38. The second kappa shape index (κ2) is 5.85. The largest absolute Gasteiger partial charge is 0.467 e. The molecule has 0 aliphatic heterocycles. The number of benzene rings is 1. The Hall–Kier alpha value is -3.26. The number of primary amides is 1. The van der Waals surface area contributed by atoms with Crippen LogP contribution in [0.4, 0.5) is 0 Å². The molecule has 0 saturated carbocycles. The fourth-order valence-electron chi connectivity index (χ4n) is 2.64. The van der Waals surface area contributed by atoms with E-state index in [1.807, 2.05) is 35.8 Å². The lowest BCUT2D eigenvalue weighted by Gasteiger charge is -2.11. The first kappa shape index (κ1) is 14.7. The zero-order valence-electron chi connectivity index (χ0n) is 12.6. The van der Waals surface area contributed by atoms with Crippen molar-refractivity contribution in [3.05, 3.63) is 71.3 Å². The molecule has 1 aromatic carbocycles. The molecule has 2 N–H and O–H groups in total. The highest BCUT2D eigenvalue weighted by Crippen LogP contribution is 2.27. The van der Waals surface area contributed by atoms with Crippen LogP contribution < -0.4 is 5.73 Å². The molecule has 5 nitrogen and oxygen atoms in total. The molecule has 0 unspecified atom stereocenters. The molecule has 1 amide bonds. The minimum absolute atomic E-state index is 0.467. The standard InChI is InChI=1S/C18H15N3O2/c1-12-16(18(20)22)9-17(14-5-2-4-13(8-14)10-19)21(12)11-15-6-3-7-23-15/h2-9H,11H2,1H3,(H2,20,22). The quantitative estimate of drug-likeness (QED) is 0.803. The van der Waals surface area contributed by atoms with Crippen LogP contribution in [0.25, 0.3) is 11.3 Å². The minimum atomic E-state index is -0.474. The summed E-state index contributed by atoms with van der Waals surface area (Å²) in [5, 5.41) is 9.09. The van der Waals surface area contributed by atoms with Gasteiger partial charge in [0.05, 0.1) is 30.0 Å². The number of nitrogens with two attached hydrogens (primary N) is 1. The number of hydrogen-bond acceptors (Lipinski definition) is 3. The molecule has 3 rings (SSSR count). The van der Waals surface area contributed by atoms with Crippen LogP contribution >= 0.6 is 0 Å². The van der Waals surface area contributed by atoms with Crippen molar-refractivity contribution in [1.29, 1.82) is 5.26 Å². The van der Waals surface area contributed by atoms with Gasteiger partial charge in [0.2, 0.25) is 0 Å². The minimum Gasteiger partial charge on any atom is -0.467 e. The van der Waals surface area contributed by atoms with Crippen molar-refractivity contribution in [3.63, 3.8) is 0 Å². The fraction of sp³-hybridized carbons (Fsp3) is 0.111. The van der Waals surface area contributed by atoms with E-state index >= 15 is 0 Å². The lowest BCUT2D eigenvalue weighted by molar-refractivity contribution is 0.0999. The van der Waals surface area contributed by atoms with Gasteiger partial charge in [-0.1, -0.05) is 12.1 Å². The van der Waals surface area contributed by atoms with Crippen LogP contribution in [0.5, 0.6) is 0 Å². The van der Waals surface area contributed by atoms with Crippen molar-refractivity contribution >= 4 is 5.91 Å². The highest BCUT2D eigenvalue weighted by molar-refractivity contribution is 5.95. The van der Waals surface area contributed by atoms with E-state index in [0.717, 1.165) is 22.7 Å². The van der Waals surface area contributed by atoms with Gasteiger partial charge in [-0.15, -0.1) is 0 Å². The van der Waals surface area contributed by atoms with E-state index in [0.29, 0.717) is 17.7 Å². The number of carbonyl (C=O) groups is 1. The van der Waals surface area contributed by atoms with E-state index in [2.05, 4.69) is 6.07 Å². The van der Waals surface area contributed by atoms with Crippen molar-refractivity contribution in [3.8, 4) is 17.3 Å². The zero-order chi connectivity index (χ0) is 16.4. The Morgan fingerprint density at radius 1 is 1.30 bits per heavy atom. The number of amides is 1. The molecule has 2 aromatic heterocycles. The Labute approximate surface area is 133 Å². The molecule has 0 atom stereocenters. The summed E-state index contributed by atoms with van der Waals surface area (Å²) in [7, 11) is 0. The van der Waals surface area contributed by atoms with Gasteiger partial charge in [0, 0.05) is 11.4 Å². The lowest BCUT2D eigenvalue weighted by Crippen LogP contribution is -2.12. The summed E-state index contributed by atoms with van der Waals surface area (Å²) in [6.07, 6.45) is 1.61. The van der Waals surface area contributed by atoms with E-state index in [1.165, 1.54) is 0 Å². The summed E-state index contributed by atoms with van der Waals surface area (Å²) in [5.74, 6) is 0.302. The maximum Gasteiger partial charge on any atom is 0.250 e. The smallest absolute Gasteiger partial charge is 0.250 e. The number of aromatic nitrogens is 1. The molecular formula is C18H15N3O2. The number of furan rings is 1. The molecule has 0 spiro atoms. The predicted molar refractivity (Wildman–Crippen MR) is 85.6 cm³/mol. The molecule has 0 bridgehead atoms. The van der Waals surface area contributed by atoms with Gasteiger partial charge in [-0.2, -0.15) is 5.26 Å². The molecule has 23 heavy (non-hydrogen) atoms. The van der Waals surface area contributed by atoms with Gasteiger partial charge in [0.15, 0.2) is 0 Å². The molecule has 0 aliphatic carbocycles. The Bertz CT molecular complexity index is 899. The molecule has 0 saturated heterocycles. The zero-order valence-corrected chi connectivity index (χ0v) is 12.6. The molecule has 2 heterocycles. The van der Waals surface area contributed by atoms with Gasteiger partial charge in [-0.25, -0.2) is 0 Å². The number of carbonyl (C=O) groups excluding carboxylic acids is 1. The molecule has 114 valence electrons. The van der Waals surface area contributed by atoms with Gasteiger partial charge >= 0.3 is 0 Å². The van der Waals surface area contributed by atoms with Crippen molar-refractivity contribution in [2.45, 2.75) is 13.5 Å². The molecule has 0 fully saturated rings. The van der Waals surface area contributed by atoms with E-state index in [4.69, 9.17) is 15.4 Å². The van der Waals surface area contributed by atoms with E-state index in [9.17, 15) is 4.79 Å². The predicted octanol–water partition coefficient (Wildman–Crippen LogP) is 3.08. The topological polar surface area (TPSA) is 85.0 Å². The Morgan fingerprint density at radius 3 is 2.78 bits per heavy atom. The highest BCUT2D eigenvalue weighted by Gasteiger charge is 2.17. The maximum atomic E-state index is 11.7. The first-order valence-corrected chi connectivity index (χ1v) is 7.13. The van der Waals surface area contributed by atoms with Crippen LogP contribution in [0.1, 0.15) is 27.4 Å².